The highest BCUT2D eigenvalue weighted by Crippen LogP contribution is 2.29. The molecule has 0 amide bonds. The molecule has 4 unspecified atom stereocenters. The molecule has 3 nitrogen and oxygen atoms in total. The fourth-order valence-corrected chi connectivity index (χ4v) is 4.07. The molecule has 1 fully saturated rings. The van der Waals surface area contributed by atoms with Gasteiger partial charge in [0.25, 0.3) is 0 Å². The summed E-state index contributed by atoms with van der Waals surface area (Å²) in [5.74, 6) is 1.22. The van der Waals surface area contributed by atoms with Crippen LogP contribution >= 0.6 is 0 Å². The molecule has 1 saturated carbocycles. The first-order valence-electron chi connectivity index (χ1n) is 5.80. The lowest BCUT2D eigenvalue weighted by molar-refractivity contribution is 0.217. The van der Waals surface area contributed by atoms with E-state index in [0.717, 1.165) is 13.0 Å². The minimum absolute atomic E-state index is 0.365. The van der Waals surface area contributed by atoms with Gasteiger partial charge in [-0.2, -0.15) is 0 Å². The van der Waals surface area contributed by atoms with E-state index in [1.807, 2.05) is 0 Å². The van der Waals surface area contributed by atoms with Gasteiger partial charge in [-0.05, 0) is 25.3 Å². The second-order valence-electron chi connectivity index (χ2n) is 4.22. The lowest BCUT2D eigenvalue weighted by atomic mass is 10.1. The first-order chi connectivity index (χ1) is 7.20. The maximum atomic E-state index is 12.0. The molecule has 4 atom stereocenters. The number of rotatable bonds is 6. The number of hydrogen-bond donors (Lipinski definition) is 1. The van der Waals surface area contributed by atoms with E-state index in [9.17, 15) is 4.21 Å². The van der Waals surface area contributed by atoms with E-state index in [2.05, 4.69) is 19.2 Å². The van der Waals surface area contributed by atoms with Crippen LogP contribution in [0.25, 0.3) is 0 Å². The van der Waals surface area contributed by atoms with Gasteiger partial charge >= 0.3 is 0 Å². The Morgan fingerprint density at radius 2 is 2.20 bits per heavy atom. The first kappa shape index (κ1) is 13.1. The van der Waals surface area contributed by atoms with Crippen molar-refractivity contribution in [3.8, 4) is 0 Å². The van der Waals surface area contributed by atoms with Crippen LogP contribution in [0.3, 0.4) is 0 Å². The van der Waals surface area contributed by atoms with E-state index in [4.69, 9.17) is 4.74 Å². The van der Waals surface area contributed by atoms with E-state index in [1.165, 1.54) is 6.42 Å². The summed E-state index contributed by atoms with van der Waals surface area (Å²) < 4.78 is 16.9. The summed E-state index contributed by atoms with van der Waals surface area (Å²) >= 11 is 0. The Kier molecular flexibility index (Phi) is 5.79. The molecule has 1 aliphatic carbocycles. The number of methoxy groups -OCH3 is 1. The van der Waals surface area contributed by atoms with Gasteiger partial charge in [0, 0.05) is 35.0 Å². The predicted octanol–water partition coefficient (Wildman–Crippen LogP) is 1.16. The Labute approximate surface area is 95.4 Å². The molecule has 0 heterocycles. The molecule has 0 aromatic rings. The molecule has 1 aliphatic rings. The van der Waals surface area contributed by atoms with E-state index < -0.39 is 10.8 Å². The standard InChI is InChI=1S/C11H23NO2S/c1-4-12-10-5-6-11(9(10)2)15(13)8-7-14-3/h9-12H,4-8H2,1-3H3. The quantitative estimate of drug-likeness (QED) is 0.748. The zero-order valence-electron chi connectivity index (χ0n) is 9.99. The number of nitrogens with one attached hydrogen (secondary N) is 1. The van der Waals surface area contributed by atoms with Crippen LogP contribution in [0.5, 0.6) is 0 Å². The van der Waals surface area contributed by atoms with Gasteiger partial charge in [-0.25, -0.2) is 0 Å². The van der Waals surface area contributed by atoms with Gasteiger partial charge in [-0.1, -0.05) is 13.8 Å². The van der Waals surface area contributed by atoms with Crippen molar-refractivity contribution in [3.63, 3.8) is 0 Å². The summed E-state index contributed by atoms with van der Waals surface area (Å²) in [6.07, 6.45) is 2.26. The SMILES string of the molecule is CCNC1CCC(S(=O)CCOC)C1C. The molecule has 0 radical (unpaired) electrons. The highest BCUT2D eigenvalue weighted by atomic mass is 32.2. The molecule has 1 rings (SSSR count). The monoisotopic (exact) mass is 233 g/mol. The molecule has 90 valence electrons. The van der Waals surface area contributed by atoms with E-state index in [0.29, 0.717) is 29.6 Å². The van der Waals surface area contributed by atoms with Crippen LogP contribution in [0.1, 0.15) is 26.7 Å². The summed E-state index contributed by atoms with van der Waals surface area (Å²) in [6.45, 7) is 5.96. The van der Waals surface area contributed by atoms with Gasteiger partial charge in [0.15, 0.2) is 0 Å². The largest absolute Gasteiger partial charge is 0.384 e. The molecule has 0 saturated heterocycles. The maximum absolute atomic E-state index is 12.0. The number of hydrogen-bond acceptors (Lipinski definition) is 3. The average molecular weight is 233 g/mol. The van der Waals surface area contributed by atoms with Gasteiger partial charge < -0.3 is 10.1 Å². The molecule has 1 N–H and O–H groups in total. The van der Waals surface area contributed by atoms with Crippen molar-refractivity contribution >= 4 is 10.8 Å². The Bertz CT molecular complexity index is 211. The van der Waals surface area contributed by atoms with Gasteiger partial charge in [0.1, 0.15) is 0 Å². The summed E-state index contributed by atoms with van der Waals surface area (Å²) in [5, 5.41) is 3.83. The van der Waals surface area contributed by atoms with E-state index in [-0.39, 0.29) is 0 Å². The number of ether oxygens (including phenoxy) is 1. The normalized spacial score (nSPS) is 33.1. The molecule has 15 heavy (non-hydrogen) atoms. The molecule has 0 aromatic heterocycles. The molecule has 0 spiro atoms. The third-order valence-corrected chi connectivity index (χ3v) is 5.19. The molecule has 0 aromatic carbocycles. The topological polar surface area (TPSA) is 38.3 Å². The summed E-state index contributed by atoms with van der Waals surface area (Å²) in [6, 6.07) is 0.562. The fraction of sp³-hybridized carbons (Fsp3) is 1.00. The van der Waals surface area contributed by atoms with E-state index >= 15 is 0 Å². The highest BCUT2D eigenvalue weighted by molar-refractivity contribution is 7.85. The zero-order chi connectivity index (χ0) is 11.3. The van der Waals surface area contributed by atoms with Gasteiger partial charge in [-0.15, -0.1) is 0 Å². The Hall–Kier alpha value is 0.0700. The Morgan fingerprint density at radius 3 is 2.80 bits per heavy atom. The van der Waals surface area contributed by atoms with Crippen molar-refractivity contribution in [2.24, 2.45) is 5.92 Å². The summed E-state index contributed by atoms with van der Waals surface area (Å²) in [4.78, 5) is 0. The van der Waals surface area contributed by atoms with Crippen molar-refractivity contribution in [2.45, 2.75) is 38.0 Å². The van der Waals surface area contributed by atoms with Crippen molar-refractivity contribution in [3.05, 3.63) is 0 Å². The fourth-order valence-electron chi connectivity index (χ4n) is 2.37. The van der Waals surface area contributed by atoms with Crippen LogP contribution in [-0.2, 0) is 15.5 Å². The van der Waals surface area contributed by atoms with Crippen LogP contribution in [0.15, 0.2) is 0 Å². The highest BCUT2D eigenvalue weighted by Gasteiger charge is 2.35. The van der Waals surface area contributed by atoms with Crippen molar-refractivity contribution in [1.29, 1.82) is 0 Å². The van der Waals surface area contributed by atoms with Crippen molar-refractivity contribution < 1.29 is 8.95 Å². The minimum atomic E-state index is -0.715. The average Bonchev–Trinajstić information content (AvgIpc) is 2.58. The lowest BCUT2D eigenvalue weighted by Crippen LogP contribution is -2.35. The van der Waals surface area contributed by atoms with Crippen LogP contribution in [0, 0.1) is 5.92 Å². The molecule has 4 heteroatoms. The lowest BCUT2D eigenvalue weighted by Gasteiger charge is -2.20. The van der Waals surface area contributed by atoms with E-state index in [1.54, 1.807) is 7.11 Å². The third kappa shape index (κ3) is 3.54. The Balaban J connectivity index is 2.40. The minimum Gasteiger partial charge on any atom is -0.384 e. The molecule has 0 aliphatic heterocycles. The van der Waals surface area contributed by atoms with Gasteiger partial charge in [0.05, 0.1) is 6.61 Å². The second-order valence-corrected chi connectivity index (χ2v) is 5.99. The van der Waals surface area contributed by atoms with Crippen LogP contribution in [0.4, 0.5) is 0 Å². The maximum Gasteiger partial charge on any atom is 0.0577 e. The van der Waals surface area contributed by atoms with Gasteiger partial charge in [0.2, 0.25) is 0 Å². The predicted molar refractivity (Wildman–Crippen MR) is 64.5 cm³/mol. The third-order valence-electron chi connectivity index (χ3n) is 3.28. The summed E-state index contributed by atoms with van der Waals surface area (Å²) in [5.41, 5.74) is 0. The van der Waals surface area contributed by atoms with Gasteiger partial charge in [-0.3, -0.25) is 4.21 Å². The van der Waals surface area contributed by atoms with Crippen molar-refractivity contribution in [1.82, 2.24) is 5.32 Å². The summed E-state index contributed by atoms with van der Waals surface area (Å²) in [7, 11) is 0.949. The van der Waals surface area contributed by atoms with Crippen LogP contribution in [0.2, 0.25) is 0 Å². The smallest absolute Gasteiger partial charge is 0.0577 e. The van der Waals surface area contributed by atoms with Crippen molar-refractivity contribution in [2.75, 3.05) is 26.0 Å². The Morgan fingerprint density at radius 1 is 1.47 bits per heavy atom. The van der Waals surface area contributed by atoms with Crippen LogP contribution < -0.4 is 5.32 Å². The molecular weight excluding hydrogens is 210 g/mol. The molecular formula is C11H23NO2S. The zero-order valence-corrected chi connectivity index (χ0v) is 10.8. The molecule has 0 bridgehead atoms. The second kappa shape index (κ2) is 6.61. The first-order valence-corrected chi connectivity index (χ1v) is 7.18. The van der Waals surface area contributed by atoms with Crippen LogP contribution in [-0.4, -0.2) is 41.5 Å².